The molecule has 0 aliphatic rings. The molecule has 0 aromatic heterocycles. The molecule has 0 radical (unpaired) electrons. The summed E-state index contributed by atoms with van der Waals surface area (Å²) in [4.78, 5) is 11.0. The van der Waals surface area contributed by atoms with Crippen LogP contribution in [-0.4, -0.2) is 12.1 Å². The molecule has 0 spiro atoms. The number of ether oxygens (including phenoxy) is 1. The molecule has 0 fully saturated rings. The Balaban J connectivity index is 3.73. The molecule has 0 unspecified atom stereocenters. The molecule has 0 amide bonds. The average Bonchev–Trinajstić information content (AvgIpc) is 2.29. The minimum atomic E-state index is -0.311. The topological polar surface area (TPSA) is 26.3 Å². The summed E-state index contributed by atoms with van der Waals surface area (Å²) in [5.41, 5.74) is 0. The van der Waals surface area contributed by atoms with Crippen LogP contribution in [0.5, 0.6) is 0 Å². The Kier molecular flexibility index (Phi) is 8.97. The van der Waals surface area contributed by atoms with E-state index in [9.17, 15) is 4.79 Å². The van der Waals surface area contributed by atoms with Crippen LogP contribution in [0.3, 0.4) is 0 Å². The molecule has 2 atom stereocenters. The van der Waals surface area contributed by atoms with Gasteiger partial charge in [-0.15, -0.1) is 0 Å². The van der Waals surface area contributed by atoms with Gasteiger partial charge in [0.25, 0.3) is 0 Å². The van der Waals surface area contributed by atoms with Crippen LogP contribution >= 0.6 is 0 Å². The summed E-state index contributed by atoms with van der Waals surface area (Å²) >= 11 is 0. The van der Waals surface area contributed by atoms with Gasteiger partial charge in [0.2, 0.25) is 0 Å². The van der Waals surface area contributed by atoms with Crippen molar-refractivity contribution in [1.82, 2.24) is 0 Å². The van der Waals surface area contributed by atoms with E-state index < -0.39 is 0 Å². The molecule has 0 rings (SSSR count). The van der Waals surface area contributed by atoms with Crippen molar-refractivity contribution < 1.29 is 9.53 Å². The van der Waals surface area contributed by atoms with Crippen LogP contribution in [0.15, 0.2) is 12.7 Å². The predicted octanol–water partition coefficient (Wildman–Crippen LogP) is 4.10. The van der Waals surface area contributed by atoms with Gasteiger partial charge in [-0.05, 0) is 25.7 Å². The van der Waals surface area contributed by atoms with E-state index in [1.54, 1.807) is 0 Å². The summed E-state index contributed by atoms with van der Waals surface area (Å²) in [6.07, 6.45) is 8.45. The number of rotatable bonds is 9. The van der Waals surface area contributed by atoms with Gasteiger partial charge in [-0.1, -0.05) is 46.1 Å². The van der Waals surface area contributed by atoms with Gasteiger partial charge in [-0.2, -0.15) is 0 Å². The van der Waals surface area contributed by atoms with Crippen molar-refractivity contribution in [1.29, 1.82) is 0 Å². The first-order valence-electron chi connectivity index (χ1n) is 6.47. The lowest BCUT2D eigenvalue weighted by Gasteiger charge is -2.17. The Morgan fingerprint density at radius 2 is 2.00 bits per heavy atom. The van der Waals surface area contributed by atoms with Gasteiger partial charge in [0.1, 0.15) is 0 Å². The second-order valence-electron chi connectivity index (χ2n) is 4.45. The zero-order valence-corrected chi connectivity index (χ0v) is 11.0. The first kappa shape index (κ1) is 15.2. The van der Waals surface area contributed by atoms with Gasteiger partial charge in [0.05, 0.1) is 6.10 Å². The third-order valence-electron chi connectivity index (χ3n) is 3.01. The predicted molar refractivity (Wildman–Crippen MR) is 68.3 cm³/mol. The monoisotopic (exact) mass is 226 g/mol. The average molecular weight is 226 g/mol. The van der Waals surface area contributed by atoms with Crippen LogP contribution < -0.4 is 0 Å². The molecule has 2 heteroatoms. The van der Waals surface area contributed by atoms with Crippen molar-refractivity contribution in [3.8, 4) is 0 Å². The van der Waals surface area contributed by atoms with Crippen molar-refractivity contribution in [3.05, 3.63) is 12.7 Å². The zero-order valence-electron chi connectivity index (χ0n) is 11.0. The summed E-state index contributed by atoms with van der Waals surface area (Å²) in [5.74, 6) is 0.471. The molecule has 0 bridgehead atoms. The van der Waals surface area contributed by atoms with E-state index in [0.29, 0.717) is 0 Å². The van der Waals surface area contributed by atoms with Crippen molar-refractivity contribution >= 4 is 5.97 Å². The Hall–Kier alpha value is -0.790. The Morgan fingerprint density at radius 3 is 2.50 bits per heavy atom. The van der Waals surface area contributed by atoms with E-state index in [4.69, 9.17) is 4.74 Å². The lowest BCUT2D eigenvalue weighted by molar-refractivity contribution is -0.142. The maximum Gasteiger partial charge on any atom is 0.330 e. The largest absolute Gasteiger partial charge is 0.460 e. The summed E-state index contributed by atoms with van der Waals surface area (Å²) in [7, 11) is 0. The number of hydrogen-bond donors (Lipinski definition) is 0. The van der Waals surface area contributed by atoms with Crippen LogP contribution in [0.4, 0.5) is 0 Å². The maximum absolute atomic E-state index is 11.0. The van der Waals surface area contributed by atoms with Crippen LogP contribution in [0, 0.1) is 5.92 Å². The number of carbonyl (C=O) groups is 1. The van der Waals surface area contributed by atoms with Crippen molar-refractivity contribution in [3.63, 3.8) is 0 Å². The van der Waals surface area contributed by atoms with E-state index in [1.807, 2.05) is 6.92 Å². The van der Waals surface area contributed by atoms with Crippen LogP contribution in [0.2, 0.25) is 0 Å². The van der Waals surface area contributed by atoms with E-state index >= 15 is 0 Å². The Bertz CT molecular complexity index is 199. The second-order valence-corrected chi connectivity index (χ2v) is 4.45. The van der Waals surface area contributed by atoms with Gasteiger partial charge in [-0.3, -0.25) is 0 Å². The molecule has 0 aliphatic carbocycles. The fourth-order valence-corrected chi connectivity index (χ4v) is 1.82. The highest BCUT2D eigenvalue weighted by Crippen LogP contribution is 2.20. The van der Waals surface area contributed by atoms with Gasteiger partial charge < -0.3 is 4.74 Å². The molecule has 0 N–H and O–H groups in total. The fourth-order valence-electron chi connectivity index (χ4n) is 1.82. The summed E-state index contributed by atoms with van der Waals surface area (Å²) in [6.45, 7) is 9.80. The Labute approximate surface area is 100 Å². The molecular weight excluding hydrogens is 200 g/mol. The fraction of sp³-hybridized carbons (Fsp3) is 0.786. The molecule has 0 heterocycles. The third-order valence-corrected chi connectivity index (χ3v) is 3.01. The lowest BCUT2D eigenvalue weighted by atomic mass is 9.93. The van der Waals surface area contributed by atoms with Crippen molar-refractivity contribution in [2.45, 2.75) is 65.4 Å². The van der Waals surface area contributed by atoms with Gasteiger partial charge >= 0.3 is 5.97 Å². The first-order chi connectivity index (χ1) is 7.63. The third kappa shape index (κ3) is 7.49. The van der Waals surface area contributed by atoms with Crippen LogP contribution in [0.25, 0.3) is 0 Å². The molecule has 16 heavy (non-hydrogen) atoms. The second kappa shape index (κ2) is 9.44. The van der Waals surface area contributed by atoms with E-state index in [0.717, 1.165) is 18.8 Å². The van der Waals surface area contributed by atoms with Gasteiger partial charge in [0, 0.05) is 6.08 Å². The van der Waals surface area contributed by atoms with E-state index in [2.05, 4.69) is 20.4 Å². The van der Waals surface area contributed by atoms with Gasteiger partial charge in [-0.25, -0.2) is 4.79 Å². The SMILES string of the molecule is C=CC(=O)O[C@@H](C)CC[C@H](CC)CCCC. The van der Waals surface area contributed by atoms with Crippen LogP contribution in [-0.2, 0) is 9.53 Å². The molecular formula is C14H26O2. The normalized spacial score (nSPS) is 14.2. The maximum atomic E-state index is 11.0. The molecule has 94 valence electrons. The molecule has 0 aliphatic heterocycles. The number of carbonyl (C=O) groups excluding carboxylic acids is 1. The van der Waals surface area contributed by atoms with Crippen LogP contribution in [0.1, 0.15) is 59.3 Å². The van der Waals surface area contributed by atoms with Crippen molar-refractivity contribution in [2.24, 2.45) is 5.92 Å². The minimum absolute atomic E-state index is 0.0150. The summed E-state index contributed by atoms with van der Waals surface area (Å²) in [5, 5.41) is 0. The van der Waals surface area contributed by atoms with Crippen molar-refractivity contribution in [2.75, 3.05) is 0 Å². The summed E-state index contributed by atoms with van der Waals surface area (Å²) < 4.78 is 5.14. The Morgan fingerprint density at radius 1 is 1.31 bits per heavy atom. The number of unbranched alkanes of at least 4 members (excludes halogenated alkanes) is 1. The van der Waals surface area contributed by atoms with E-state index in [1.165, 1.54) is 31.8 Å². The highest BCUT2D eigenvalue weighted by atomic mass is 16.5. The molecule has 0 aromatic carbocycles. The summed E-state index contributed by atoms with van der Waals surface area (Å²) in [6, 6.07) is 0. The minimum Gasteiger partial charge on any atom is -0.460 e. The molecule has 0 saturated carbocycles. The molecule has 0 saturated heterocycles. The smallest absolute Gasteiger partial charge is 0.330 e. The van der Waals surface area contributed by atoms with Gasteiger partial charge in [0.15, 0.2) is 0 Å². The number of esters is 1. The number of hydrogen-bond acceptors (Lipinski definition) is 2. The quantitative estimate of drug-likeness (QED) is 0.437. The lowest BCUT2D eigenvalue weighted by Crippen LogP contribution is -2.14. The molecule has 2 nitrogen and oxygen atoms in total. The van der Waals surface area contributed by atoms with E-state index in [-0.39, 0.29) is 12.1 Å². The zero-order chi connectivity index (χ0) is 12.4. The highest BCUT2D eigenvalue weighted by molar-refractivity contribution is 5.81. The first-order valence-corrected chi connectivity index (χ1v) is 6.47. The standard InChI is InChI=1S/C14H26O2/c1-5-8-9-13(6-2)11-10-12(4)16-14(15)7-3/h7,12-13H,3,5-6,8-11H2,1-2,4H3/t12-,13+/m0/s1. The highest BCUT2D eigenvalue weighted by Gasteiger charge is 2.11. The molecule has 0 aromatic rings.